The van der Waals surface area contributed by atoms with Gasteiger partial charge in [0.15, 0.2) is 11.5 Å². The molecule has 0 amide bonds. The van der Waals surface area contributed by atoms with Gasteiger partial charge in [0.1, 0.15) is 5.76 Å². The molecule has 1 radical (unpaired) electrons. The number of ether oxygens (including phenoxy) is 3. The number of carbonyl (C=O) groups excluding carboxylic acids is 1. The highest BCUT2D eigenvalue weighted by Crippen LogP contribution is 2.27. The van der Waals surface area contributed by atoms with Crippen LogP contribution in [-0.2, 0) is 19.0 Å². The lowest BCUT2D eigenvalue weighted by atomic mass is 10.1. The van der Waals surface area contributed by atoms with Gasteiger partial charge in [0, 0.05) is 12.0 Å². The molecular formula is C14H19O4. The van der Waals surface area contributed by atoms with E-state index in [1.165, 1.54) is 0 Å². The van der Waals surface area contributed by atoms with E-state index in [4.69, 9.17) is 14.2 Å². The van der Waals surface area contributed by atoms with Crippen molar-refractivity contribution in [2.75, 3.05) is 13.2 Å². The number of rotatable bonds is 6. The predicted molar refractivity (Wildman–Crippen MR) is 68.2 cm³/mol. The first-order valence-electron chi connectivity index (χ1n) is 6.01. The summed E-state index contributed by atoms with van der Waals surface area (Å²) in [6.45, 7) is 9.91. The normalized spacial score (nSPS) is 14.9. The second-order valence-electron chi connectivity index (χ2n) is 3.74. The second-order valence-corrected chi connectivity index (χ2v) is 3.74. The van der Waals surface area contributed by atoms with Gasteiger partial charge < -0.3 is 14.2 Å². The van der Waals surface area contributed by atoms with E-state index in [-0.39, 0.29) is 0 Å². The summed E-state index contributed by atoms with van der Waals surface area (Å²) in [7, 11) is 0. The quantitative estimate of drug-likeness (QED) is 0.538. The highest BCUT2D eigenvalue weighted by molar-refractivity contribution is 5.88. The predicted octanol–water partition coefficient (Wildman–Crippen LogP) is 2.88. The first-order valence-corrected chi connectivity index (χ1v) is 6.01. The molecule has 0 heterocycles. The molecule has 18 heavy (non-hydrogen) atoms. The van der Waals surface area contributed by atoms with Crippen LogP contribution in [0, 0.1) is 6.42 Å². The highest BCUT2D eigenvalue weighted by atomic mass is 16.6. The molecule has 0 atom stereocenters. The van der Waals surface area contributed by atoms with Crippen molar-refractivity contribution in [3.8, 4) is 0 Å². The SMILES string of the molecule is C=C(C)C(=O)OC1=CC[CH]C(OCC)=C1OCC. The molecule has 1 aliphatic carbocycles. The molecule has 1 rings (SSSR count). The first-order chi connectivity index (χ1) is 8.60. The lowest BCUT2D eigenvalue weighted by Crippen LogP contribution is -2.14. The maximum Gasteiger partial charge on any atom is 0.338 e. The van der Waals surface area contributed by atoms with Crippen LogP contribution in [0.2, 0.25) is 0 Å². The van der Waals surface area contributed by atoms with Crippen LogP contribution in [0.1, 0.15) is 27.2 Å². The third-order valence-electron chi connectivity index (χ3n) is 2.19. The molecule has 0 unspecified atom stereocenters. The lowest BCUT2D eigenvalue weighted by Gasteiger charge is -2.20. The topological polar surface area (TPSA) is 44.8 Å². The molecule has 99 valence electrons. The molecule has 0 aliphatic heterocycles. The Balaban J connectivity index is 2.90. The van der Waals surface area contributed by atoms with Crippen molar-refractivity contribution in [3.63, 3.8) is 0 Å². The second kappa shape index (κ2) is 6.89. The monoisotopic (exact) mass is 251 g/mol. The summed E-state index contributed by atoms with van der Waals surface area (Å²) in [5, 5.41) is 0. The van der Waals surface area contributed by atoms with E-state index in [0.717, 1.165) is 0 Å². The van der Waals surface area contributed by atoms with Gasteiger partial charge in [0.05, 0.1) is 13.2 Å². The van der Waals surface area contributed by atoms with Crippen molar-refractivity contribution in [2.24, 2.45) is 0 Å². The van der Waals surface area contributed by atoms with E-state index in [1.54, 1.807) is 13.0 Å². The molecule has 0 fully saturated rings. The van der Waals surface area contributed by atoms with Crippen LogP contribution >= 0.6 is 0 Å². The molecule has 0 aromatic carbocycles. The minimum Gasteiger partial charge on any atom is -0.494 e. The van der Waals surface area contributed by atoms with Gasteiger partial charge in [0.2, 0.25) is 0 Å². The van der Waals surface area contributed by atoms with Crippen LogP contribution in [0.5, 0.6) is 0 Å². The average Bonchev–Trinajstić information content (AvgIpc) is 2.33. The average molecular weight is 251 g/mol. The van der Waals surface area contributed by atoms with Crippen molar-refractivity contribution in [1.29, 1.82) is 0 Å². The van der Waals surface area contributed by atoms with Crippen LogP contribution in [-0.4, -0.2) is 19.2 Å². The highest BCUT2D eigenvalue weighted by Gasteiger charge is 2.22. The lowest BCUT2D eigenvalue weighted by molar-refractivity contribution is -0.135. The maximum absolute atomic E-state index is 11.5. The van der Waals surface area contributed by atoms with E-state index < -0.39 is 5.97 Å². The Kier molecular flexibility index (Phi) is 5.49. The largest absolute Gasteiger partial charge is 0.494 e. The number of allylic oxidation sites excluding steroid dienone is 2. The fourth-order valence-corrected chi connectivity index (χ4v) is 1.42. The zero-order valence-electron chi connectivity index (χ0n) is 11.1. The van der Waals surface area contributed by atoms with Crippen molar-refractivity contribution in [1.82, 2.24) is 0 Å². The molecule has 0 spiro atoms. The van der Waals surface area contributed by atoms with Crippen molar-refractivity contribution >= 4 is 5.97 Å². The Labute approximate surface area is 108 Å². The smallest absolute Gasteiger partial charge is 0.338 e. The molecule has 0 N–H and O–H groups in total. The van der Waals surface area contributed by atoms with Gasteiger partial charge in [-0.15, -0.1) is 0 Å². The molecule has 0 saturated heterocycles. The fourth-order valence-electron chi connectivity index (χ4n) is 1.42. The minimum atomic E-state index is -0.462. The van der Waals surface area contributed by atoms with Crippen molar-refractivity contribution in [2.45, 2.75) is 27.2 Å². The summed E-state index contributed by atoms with van der Waals surface area (Å²) in [4.78, 5) is 11.5. The molecule has 0 aromatic rings. The number of carbonyl (C=O) groups is 1. The zero-order valence-corrected chi connectivity index (χ0v) is 11.1. The number of hydrogen-bond donors (Lipinski definition) is 0. The summed E-state index contributed by atoms with van der Waals surface area (Å²) in [5.41, 5.74) is 0.347. The maximum atomic E-state index is 11.5. The van der Waals surface area contributed by atoms with Crippen LogP contribution in [0.4, 0.5) is 0 Å². The summed E-state index contributed by atoms with van der Waals surface area (Å²) < 4.78 is 16.2. The van der Waals surface area contributed by atoms with Crippen LogP contribution in [0.15, 0.2) is 35.5 Å². The van der Waals surface area contributed by atoms with Gasteiger partial charge in [-0.1, -0.05) is 6.58 Å². The molecule has 4 nitrogen and oxygen atoms in total. The van der Waals surface area contributed by atoms with E-state index in [0.29, 0.717) is 42.5 Å². The summed E-state index contributed by atoms with van der Waals surface area (Å²) in [6.07, 6.45) is 4.33. The summed E-state index contributed by atoms with van der Waals surface area (Å²) >= 11 is 0. The van der Waals surface area contributed by atoms with Crippen molar-refractivity contribution in [3.05, 3.63) is 41.9 Å². The molecule has 0 saturated carbocycles. The minimum absolute atomic E-state index is 0.347. The third kappa shape index (κ3) is 3.65. The Morgan fingerprint density at radius 2 is 2.00 bits per heavy atom. The molecule has 1 aliphatic rings. The Morgan fingerprint density at radius 1 is 1.33 bits per heavy atom. The standard InChI is InChI=1S/C14H19O4/c1-5-16-11-8-7-9-12(13(11)17-6-2)18-14(15)10(3)4/h8-9H,3,5-7H2,1-2,4H3. The van der Waals surface area contributed by atoms with Crippen LogP contribution in [0.25, 0.3) is 0 Å². The number of hydrogen-bond acceptors (Lipinski definition) is 4. The Bertz CT molecular complexity index is 391. The summed E-state index contributed by atoms with van der Waals surface area (Å²) in [5.74, 6) is 1.03. The van der Waals surface area contributed by atoms with Gasteiger partial charge in [-0.3, -0.25) is 0 Å². The van der Waals surface area contributed by atoms with Gasteiger partial charge in [0.25, 0.3) is 0 Å². The van der Waals surface area contributed by atoms with Crippen molar-refractivity contribution < 1.29 is 19.0 Å². The zero-order chi connectivity index (χ0) is 13.5. The van der Waals surface area contributed by atoms with Gasteiger partial charge in [-0.05, 0) is 33.3 Å². The fraction of sp³-hybridized carbons (Fsp3) is 0.429. The third-order valence-corrected chi connectivity index (χ3v) is 2.19. The number of esters is 1. The van der Waals surface area contributed by atoms with Crippen LogP contribution in [0.3, 0.4) is 0 Å². The van der Waals surface area contributed by atoms with Gasteiger partial charge >= 0.3 is 5.97 Å². The van der Waals surface area contributed by atoms with E-state index in [2.05, 4.69) is 6.58 Å². The molecule has 0 aromatic heterocycles. The van der Waals surface area contributed by atoms with Gasteiger partial charge in [-0.25, -0.2) is 4.79 Å². The summed E-state index contributed by atoms with van der Waals surface area (Å²) in [6, 6.07) is 0. The molecule has 4 heteroatoms. The first kappa shape index (κ1) is 14.4. The molecule has 0 bridgehead atoms. The van der Waals surface area contributed by atoms with E-state index in [9.17, 15) is 4.79 Å². The Morgan fingerprint density at radius 3 is 2.56 bits per heavy atom. The van der Waals surface area contributed by atoms with E-state index in [1.807, 2.05) is 20.3 Å². The van der Waals surface area contributed by atoms with Gasteiger partial charge in [-0.2, -0.15) is 0 Å². The van der Waals surface area contributed by atoms with E-state index >= 15 is 0 Å². The molecular weight excluding hydrogens is 232 g/mol. The van der Waals surface area contributed by atoms with Crippen LogP contribution < -0.4 is 0 Å². The Hall–Kier alpha value is -1.71.